The average molecular weight is 432 g/mol. The van der Waals surface area contributed by atoms with Crippen LogP contribution in [0.15, 0.2) is 66.1 Å². The molecule has 1 aliphatic heterocycles. The second kappa shape index (κ2) is 9.90. The molecule has 1 aromatic heterocycles. The lowest BCUT2D eigenvalue weighted by atomic mass is 9.95. The Morgan fingerprint density at radius 3 is 2.41 bits per heavy atom. The van der Waals surface area contributed by atoms with E-state index in [1.54, 1.807) is 4.90 Å². The molecule has 0 fully saturated rings. The third kappa shape index (κ3) is 4.38. The van der Waals surface area contributed by atoms with Crippen LogP contribution in [-0.2, 0) is 32.0 Å². The van der Waals surface area contributed by atoms with E-state index in [0.717, 1.165) is 28.5 Å². The minimum absolute atomic E-state index is 0.179. The van der Waals surface area contributed by atoms with Crippen LogP contribution in [0.3, 0.4) is 0 Å². The minimum atomic E-state index is -0.559. The van der Waals surface area contributed by atoms with Crippen molar-refractivity contribution in [3.05, 3.63) is 82.8 Å². The summed E-state index contributed by atoms with van der Waals surface area (Å²) in [7, 11) is 0. The first-order chi connectivity index (χ1) is 15.4. The van der Waals surface area contributed by atoms with Crippen molar-refractivity contribution in [1.82, 2.24) is 9.88 Å². The van der Waals surface area contributed by atoms with E-state index in [-0.39, 0.29) is 17.5 Å². The number of amides is 1. The van der Waals surface area contributed by atoms with E-state index in [0.29, 0.717) is 13.0 Å². The molecule has 0 saturated heterocycles. The van der Waals surface area contributed by atoms with Crippen LogP contribution in [0.25, 0.3) is 10.9 Å². The Morgan fingerprint density at radius 2 is 1.78 bits per heavy atom. The van der Waals surface area contributed by atoms with Crippen molar-refractivity contribution in [1.29, 1.82) is 0 Å². The summed E-state index contributed by atoms with van der Waals surface area (Å²) in [6, 6.07) is 15.4. The number of aliphatic hydroxyl groups is 1. The first-order valence-electron chi connectivity index (χ1n) is 10.3. The number of ketones is 1. The number of fused-ring (bicyclic) bond motifs is 1. The molecule has 0 radical (unpaired) electrons. The molecular weight excluding hydrogens is 408 g/mol. The number of nitrogens with one attached hydrogen (secondary N) is 1. The first kappa shape index (κ1) is 22.7. The summed E-state index contributed by atoms with van der Waals surface area (Å²) in [5.74, 6) is -1.20. The summed E-state index contributed by atoms with van der Waals surface area (Å²) < 4.78 is 0. The molecule has 7 heteroatoms. The summed E-state index contributed by atoms with van der Waals surface area (Å²) in [4.78, 5) is 46.2. The zero-order chi connectivity index (χ0) is 23.3. The highest BCUT2D eigenvalue weighted by atomic mass is 16.3. The number of carbonyl (C=O) groups is 2. The third-order valence-corrected chi connectivity index (χ3v) is 5.68. The second-order valence-electron chi connectivity index (χ2n) is 7.51. The van der Waals surface area contributed by atoms with Gasteiger partial charge in [0.25, 0.3) is 5.91 Å². The predicted molar refractivity (Wildman–Crippen MR) is 118 cm³/mol. The zero-order valence-corrected chi connectivity index (χ0v) is 17.9. The lowest BCUT2D eigenvalue weighted by molar-refractivity contribution is -0.191. The van der Waals surface area contributed by atoms with Gasteiger partial charge in [-0.05, 0) is 42.5 Å². The normalized spacial score (nSPS) is 15.5. The largest absolute Gasteiger partial charge is 0.503 e. The Kier molecular flexibility index (Phi) is 7.03. The van der Waals surface area contributed by atoms with Crippen LogP contribution >= 0.6 is 0 Å². The number of carbonyl (C=O) groups excluding carboxylic acids is 4. The van der Waals surface area contributed by atoms with Crippen LogP contribution in [0.4, 0.5) is 0 Å². The standard InChI is InChI=1S/C24H24N2O3.CO2/c1-3-16-8-10-17(11-9-16)22-21(15(2)27)23(28)24(29)26(22)13-12-18-14-25-20-7-5-4-6-19(18)20;2-1-3/h4-11,14,22,25,28H,3,12-13H2,1-2H3;. The van der Waals surface area contributed by atoms with Crippen LogP contribution < -0.4 is 0 Å². The van der Waals surface area contributed by atoms with Gasteiger partial charge in [0.15, 0.2) is 11.5 Å². The molecular formula is C25H24N2O5. The number of aromatic amines is 1. The number of H-pyrrole nitrogens is 1. The van der Waals surface area contributed by atoms with Crippen molar-refractivity contribution in [2.45, 2.75) is 32.7 Å². The maximum absolute atomic E-state index is 12.8. The molecule has 0 spiro atoms. The molecule has 1 aliphatic rings. The third-order valence-electron chi connectivity index (χ3n) is 5.68. The van der Waals surface area contributed by atoms with Crippen molar-refractivity contribution < 1.29 is 24.3 Å². The number of aromatic nitrogens is 1. The summed E-state index contributed by atoms with van der Waals surface area (Å²) in [6.07, 6.45) is 3.74. The van der Waals surface area contributed by atoms with Gasteiger partial charge >= 0.3 is 6.15 Å². The second-order valence-corrected chi connectivity index (χ2v) is 7.51. The summed E-state index contributed by atoms with van der Waals surface area (Å²) >= 11 is 0. The van der Waals surface area contributed by atoms with Crippen molar-refractivity contribution in [2.75, 3.05) is 6.54 Å². The highest BCUT2D eigenvalue weighted by Crippen LogP contribution is 2.38. The van der Waals surface area contributed by atoms with Gasteiger partial charge in [-0.15, -0.1) is 0 Å². The molecule has 7 nitrogen and oxygen atoms in total. The smallest absolute Gasteiger partial charge is 0.373 e. The molecule has 3 aromatic rings. The Morgan fingerprint density at radius 1 is 1.12 bits per heavy atom. The molecule has 164 valence electrons. The molecule has 1 atom stereocenters. The number of aliphatic hydroxyl groups excluding tert-OH is 1. The molecule has 2 heterocycles. The van der Waals surface area contributed by atoms with Crippen molar-refractivity contribution in [3.63, 3.8) is 0 Å². The molecule has 1 amide bonds. The number of hydrogen-bond donors (Lipinski definition) is 2. The predicted octanol–water partition coefficient (Wildman–Crippen LogP) is 3.67. The van der Waals surface area contributed by atoms with E-state index in [1.807, 2.05) is 54.7 Å². The Balaban J connectivity index is 0.000000913. The van der Waals surface area contributed by atoms with Gasteiger partial charge in [0.2, 0.25) is 0 Å². The van der Waals surface area contributed by atoms with Gasteiger partial charge in [-0.2, -0.15) is 9.59 Å². The zero-order valence-electron chi connectivity index (χ0n) is 17.9. The Hall–Kier alpha value is -3.96. The fourth-order valence-electron chi connectivity index (χ4n) is 4.11. The maximum atomic E-state index is 12.8. The molecule has 0 bridgehead atoms. The topological polar surface area (TPSA) is 108 Å². The van der Waals surface area contributed by atoms with E-state index in [2.05, 4.69) is 11.9 Å². The highest BCUT2D eigenvalue weighted by Gasteiger charge is 2.42. The number of benzene rings is 2. The fourth-order valence-corrected chi connectivity index (χ4v) is 4.11. The summed E-state index contributed by atoms with van der Waals surface area (Å²) in [5.41, 5.74) is 4.35. The molecule has 0 saturated carbocycles. The minimum Gasteiger partial charge on any atom is -0.503 e. The van der Waals surface area contributed by atoms with Gasteiger partial charge in [0.05, 0.1) is 11.6 Å². The van der Waals surface area contributed by atoms with Crippen LogP contribution in [0.1, 0.15) is 36.6 Å². The van der Waals surface area contributed by atoms with Gasteiger partial charge < -0.3 is 15.0 Å². The van der Waals surface area contributed by atoms with Crippen molar-refractivity contribution >= 4 is 28.7 Å². The SMILES string of the molecule is CCc1ccc(C2C(C(C)=O)=C(O)C(=O)N2CCc2c[nH]c3ccccc23)cc1.O=C=O. The summed E-state index contributed by atoms with van der Waals surface area (Å²) in [6.45, 7) is 3.88. The number of para-hydroxylation sites is 1. The van der Waals surface area contributed by atoms with E-state index < -0.39 is 17.7 Å². The van der Waals surface area contributed by atoms with Crippen molar-refractivity contribution in [2.24, 2.45) is 0 Å². The lowest BCUT2D eigenvalue weighted by Crippen LogP contribution is -2.32. The maximum Gasteiger partial charge on any atom is 0.373 e. The average Bonchev–Trinajstić information content (AvgIpc) is 3.32. The number of hydrogen-bond acceptors (Lipinski definition) is 5. The quantitative estimate of drug-likeness (QED) is 0.618. The van der Waals surface area contributed by atoms with E-state index in [1.165, 1.54) is 12.5 Å². The first-order valence-corrected chi connectivity index (χ1v) is 10.3. The van der Waals surface area contributed by atoms with Gasteiger partial charge in [-0.25, -0.2) is 0 Å². The van der Waals surface area contributed by atoms with Crippen LogP contribution in [0, 0.1) is 0 Å². The molecule has 2 N–H and O–H groups in total. The van der Waals surface area contributed by atoms with Crippen LogP contribution in [0.2, 0.25) is 0 Å². The fraction of sp³-hybridized carbons (Fsp3) is 0.240. The van der Waals surface area contributed by atoms with Crippen molar-refractivity contribution in [3.8, 4) is 0 Å². The molecule has 4 rings (SSSR count). The van der Waals surface area contributed by atoms with Gasteiger partial charge in [0.1, 0.15) is 0 Å². The van der Waals surface area contributed by atoms with Gasteiger partial charge in [-0.3, -0.25) is 9.59 Å². The monoisotopic (exact) mass is 432 g/mol. The van der Waals surface area contributed by atoms with Gasteiger partial charge in [-0.1, -0.05) is 49.4 Å². The lowest BCUT2D eigenvalue weighted by Gasteiger charge is -2.26. The van der Waals surface area contributed by atoms with Crippen LogP contribution in [0.5, 0.6) is 0 Å². The number of nitrogens with zero attached hydrogens (tertiary/aromatic N) is 1. The van der Waals surface area contributed by atoms with Gasteiger partial charge in [0, 0.05) is 23.6 Å². The highest BCUT2D eigenvalue weighted by molar-refractivity contribution is 6.08. The number of rotatable bonds is 6. The van der Waals surface area contributed by atoms with E-state index in [9.17, 15) is 14.7 Å². The van der Waals surface area contributed by atoms with Crippen LogP contribution in [-0.4, -0.2) is 39.4 Å². The number of Topliss-reactive ketones (excluding diaryl/α,β-unsaturated/α-hetero) is 1. The molecule has 0 aliphatic carbocycles. The Labute approximate surface area is 185 Å². The number of aryl methyl sites for hydroxylation is 1. The molecule has 2 aromatic carbocycles. The Bertz CT molecular complexity index is 1200. The van der Waals surface area contributed by atoms with E-state index >= 15 is 0 Å². The summed E-state index contributed by atoms with van der Waals surface area (Å²) in [5, 5.41) is 11.5. The molecule has 1 unspecified atom stereocenters. The van der Waals surface area contributed by atoms with E-state index in [4.69, 9.17) is 9.59 Å². The molecule has 32 heavy (non-hydrogen) atoms.